The lowest BCUT2D eigenvalue weighted by Crippen LogP contribution is -2.04. The molecule has 1 aromatic carbocycles. The molecule has 1 aromatic rings. The first-order chi connectivity index (χ1) is 5.77. The van der Waals surface area contributed by atoms with E-state index in [1.807, 2.05) is 25.1 Å². The van der Waals surface area contributed by atoms with Crippen molar-refractivity contribution in [3.05, 3.63) is 34.9 Å². The third-order valence-corrected chi connectivity index (χ3v) is 1.89. The summed E-state index contributed by atoms with van der Waals surface area (Å²) in [6.07, 6.45) is 0.849. The second-order valence-electron chi connectivity index (χ2n) is 2.79. The van der Waals surface area contributed by atoms with Crippen molar-refractivity contribution in [2.45, 2.75) is 13.3 Å². The molecular formula is C10H12N2. The molecule has 0 atom stereocenters. The Morgan fingerprint density at radius 2 is 2.25 bits per heavy atom. The molecule has 0 spiro atoms. The highest BCUT2D eigenvalue weighted by Crippen LogP contribution is 2.10. The molecule has 12 heavy (non-hydrogen) atoms. The van der Waals surface area contributed by atoms with Crippen LogP contribution in [0.15, 0.2) is 18.2 Å². The minimum atomic E-state index is 0.635. The summed E-state index contributed by atoms with van der Waals surface area (Å²) in [7, 11) is 0. The van der Waals surface area contributed by atoms with Crippen LogP contribution in [0.4, 0.5) is 0 Å². The van der Waals surface area contributed by atoms with Crippen molar-refractivity contribution >= 4 is 0 Å². The SMILES string of the molecule is Cc1ccc(C#N)cc1CCN. The summed E-state index contributed by atoms with van der Waals surface area (Å²) in [6.45, 7) is 2.67. The second-order valence-corrected chi connectivity index (χ2v) is 2.79. The van der Waals surface area contributed by atoms with Gasteiger partial charge in [0, 0.05) is 0 Å². The van der Waals surface area contributed by atoms with Gasteiger partial charge < -0.3 is 5.73 Å². The van der Waals surface area contributed by atoms with Crippen molar-refractivity contribution in [2.24, 2.45) is 5.73 Å². The van der Waals surface area contributed by atoms with Crippen LogP contribution in [-0.4, -0.2) is 6.54 Å². The normalized spacial score (nSPS) is 9.42. The van der Waals surface area contributed by atoms with Gasteiger partial charge >= 0.3 is 0 Å². The van der Waals surface area contributed by atoms with Crippen LogP contribution in [0.1, 0.15) is 16.7 Å². The summed E-state index contributed by atoms with van der Waals surface area (Å²) in [5.41, 5.74) is 8.54. The van der Waals surface area contributed by atoms with Crippen LogP contribution in [0.5, 0.6) is 0 Å². The van der Waals surface area contributed by atoms with Crippen molar-refractivity contribution in [3.63, 3.8) is 0 Å². The first-order valence-corrected chi connectivity index (χ1v) is 3.97. The molecule has 0 aliphatic heterocycles. The standard InChI is InChI=1S/C10H12N2/c1-8-2-3-9(7-12)6-10(8)4-5-11/h2-3,6H,4-5,11H2,1H3. The maximum absolute atomic E-state index is 8.64. The highest BCUT2D eigenvalue weighted by Gasteiger charge is 1.98. The van der Waals surface area contributed by atoms with Crippen LogP contribution in [0, 0.1) is 18.3 Å². The number of nitrogens with zero attached hydrogens (tertiary/aromatic N) is 1. The second kappa shape index (κ2) is 3.89. The van der Waals surface area contributed by atoms with Crippen molar-refractivity contribution in [1.82, 2.24) is 0 Å². The summed E-state index contributed by atoms with van der Waals surface area (Å²) in [5.74, 6) is 0. The van der Waals surface area contributed by atoms with Gasteiger partial charge in [0.1, 0.15) is 0 Å². The van der Waals surface area contributed by atoms with Crippen LogP contribution in [0.3, 0.4) is 0 Å². The highest BCUT2D eigenvalue weighted by molar-refractivity contribution is 5.37. The molecule has 0 aromatic heterocycles. The van der Waals surface area contributed by atoms with E-state index in [-0.39, 0.29) is 0 Å². The average Bonchev–Trinajstić information content (AvgIpc) is 2.09. The fourth-order valence-electron chi connectivity index (χ4n) is 1.17. The Hall–Kier alpha value is -1.33. The van der Waals surface area contributed by atoms with Gasteiger partial charge in [-0.2, -0.15) is 5.26 Å². The molecule has 0 unspecified atom stereocenters. The third kappa shape index (κ3) is 1.84. The fraction of sp³-hybridized carbons (Fsp3) is 0.300. The van der Waals surface area contributed by atoms with Crippen LogP contribution in [0.2, 0.25) is 0 Å². The summed E-state index contributed by atoms with van der Waals surface area (Å²) in [4.78, 5) is 0. The van der Waals surface area contributed by atoms with E-state index in [1.54, 1.807) is 0 Å². The zero-order valence-corrected chi connectivity index (χ0v) is 7.17. The Bertz CT molecular complexity index is 310. The Labute approximate surface area is 72.6 Å². The first-order valence-electron chi connectivity index (χ1n) is 3.97. The van der Waals surface area contributed by atoms with E-state index in [1.165, 1.54) is 11.1 Å². The van der Waals surface area contributed by atoms with Gasteiger partial charge in [0.25, 0.3) is 0 Å². The third-order valence-electron chi connectivity index (χ3n) is 1.89. The van der Waals surface area contributed by atoms with E-state index in [2.05, 4.69) is 6.07 Å². The molecule has 2 N–H and O–H groups in total. The Morgan fingerprint density at radius 1 is 1.50 bits per heavy atom. The molecule has 62 valence electrons. The number of aryl methyl sites for hydroxylation is 1. The fourth-order valence-corrected chi connectivity index (χ4v) is 1.17. The number of nitriles is 1. The molecule has 0 bridgehead atoms. The Balaban J connectivity index is 3.01. The number of rotatable bonds is 2. The lowest BCUT2D eigenvalue weighted by molar-refractivity contribution is 0.957. The molecular weight excluding hydrogens is 148 g/mol. The smallest absolute Gasteiger partial charge is 0.0991 e. The van der Waals surface area contributed by atoms with Gasteiger partial charge in [-0.3, -0.25) is 0 Å². The lowest BCUT2D eigenvalue weighted by atomic mass is 10.0. The van der Waals surface area contributed by atoms with E-state index >= 15 is 0 Å². The minimum Gasteiger partial charge on any atom is -0.330 e. The van der Waals surface area contributed by atoms with Crippen molar-refractivity contribution in [1.29, 1.82) is 5.26 Å². The molecule has 0 aliphatic carbocycles. The maximum Gasteiger partial charge on any atom is 0.0991 e. The van der Waals surface area contributed by atoms with Crippen molar-refractivity contribution in [2.75, 3.05) is 6.54 Å². The van der Waals surface area contributed by atoms with Gasteiger partial charge in [0.2, 0.25) is 0 Å². The maximum atomic E-state index is 8.64. The summed E-state index contributed by atoms with van der Waals surface area (Å²) < 4.78 is 0. The van der Waals surface area contributed by atoms with Gasteiger partial charge in [-0.25, -0.2) is 0 Å². The van der Waals surface area contributed by atoms with Crippen molar-refractivity contribution in [3.8, 4) is 6.07 Å². The summed E-state index contributed by atoms with van der Waals surface area (Å²) in [5, 5.41) is 8.64. The molecule has 0 saturated heterocycles. The van der Waals surface area contributed by atoms with E-state index in [9.17, 15) is 0 Å². The topological polar surface area (TPSA) is 49.8 Å². The quantitative estimate of drug-likeness (QED) is 0.710. The van der Waals surface area contributed by atoms with Crippen LogP contribution in [-0.2, 0) is 6.42 Å². The van der Waals surface area contributed by atoms with E-state index in [0.717, 1.165) is 6.42 Å². The molecule has 0 heterocycles. The average molecular weight is 160 g/mol. The van der Waals surface area contributed by atoms with E-state index in [0.29, 0.717) is 12.1 Å². The Morgan fingerprint density at radius 3 is 2.83 bits per heavy atom. The predicted octanol–water partition coefficient (Wildman–Crippen LogP) is 1.37. The van der Waals surface area contributed by atoms with E-state index < -0.39 is 0 Å². The number of benzene rings is 1. The predicted molar refractivity (Wildman–Crippen MR) is 48.7 cm³/mol. The molecule has 2 heteroatoms. The van der Waals surface area contributed by atoms with Gasteiger partial charge in [0.15, 0.2) is 0 Å². The van der Waals surface area contributed by atoms with Gasteiger partial charge in [-0.15, -0.1) is 0 Å². The van der Waals surface area contributed by atoms with Crippen molar-refractivity contribution < 1.29 is 0 Å². The highest BCUT2D eigenvalue weighted by atomic mass is 14.5. The molecule has 0 saturated carbocycles. The largest absolute Gasteiger partial charge is 0.330 e. The molecule has 1 rings (SSSR count). The molecule has 0 fully saturated rings. The van der Waals surface area contributed by atoms with Crippen LogP contribution < -0.4 is 5.73 Å². The lowest BCUT2D eigenvalue weighted by Gasteiger charge is -2.03. The molecule has 2 nitrogen and oxygen atoms in total. The molecule has 0 aliphatic rings. The zero-order valence-electron chi connectivity index (χ0n) is 7.17. The number of nitrogens with two attached hydrogens (primary N) is 1. The Kier molecular flexibility index (Phi) is 2.84. The summed E-state index contributed by atoms with van der Waals surface area (Å²) in [6, 6.07) is 7.81. The van der Waals surface area contributed by atoms with Gasteiger partial charge in [-0.1, -0.05) is 6.07 Å². The summed E-state index contributed by atoms with van der Waals surface area (Å²) >= 11 is 0. The number of hydrogen-bond acceptors (Lipinski definition) is 2. The van der Waals surface area contributed by atoms with Gasteiger partial charge in [-0.05, 0) is 43.1 Å². The van der Waals surface area contributed by atoms with Crippen LogP contribution >= 0.6 is 0 Å². The van der Waals surface area contributed by atoms with Gasteiger partial charge in [0.05, 0.1) is 11.6 Å². The number of hydrogen-bond donors (Lipinski definition) is 1. The van der Waals surface area contributed by atoms with Crippen LogP contribution in [0.25, 0.3) is 0 Å². The monoisotopic (exact) mass is 160 g/mol. The zero-order chi connectivity index (χ0) is 8.97. The molecule has 0 radical (unpaired) electrons. The van der Waals surface area contributed by atoms with E-state index in [4.69, 9.17) is 11.0 Å². The minimum absolute atomic E-state index is 0.635. The first kappa shape index (κ1) is 8.76. The molecule has 0 amide bonds.